The summed E-state index contributed by atoms with van der Waals surface area (Å²) in [4.78, 5) is 28.3. The number of hydrogen-bond acceptors (Lipinski definition) is 2. The number of amides is 2. The SMILES string of the molecule is Cn1ccc(CC(=O)N2CCN(C(=O)C3CCC3)CC2)c1. The summed E-state index contributed by atoms with van der Waals surface area (Å²) < 4.78 is 1.96. The average Bonchev–Trinajstić information content (AvgIpc) is 2.82. The minimum atomic E-state index is 0.164. The van der Waals surface area contributed by atoms with Crippen molar-refractivity contribution in [2.24, 2.45) is 13.0 Å². The van der Waals surface area contributed by atoms with Gasteiger partial charge in [0.15, 0.2) is 0 Å². The van der Waals surface area contributed by atoms with Gasteiger partial charge in [0.25, 0.3) is 0 Å². The van der Waals surface area contributed by atoms with Crippen molar-refractivity contribution >= 4 is 11.8 Å². The Balaban J connectivity index is 1.48. The first-order valence-corrected chi connectivity index (χ1v) is 7.81. The van der Waals surface area contributed by atoms with Gasteiger partial charge in [0.1, 0.15) is 0 Å². The van der Waals surface area contributed by atoms with Gasteiger partial charge in [-0.2, -0.15) is 0 Å². The fraction of sp³-hybridized carbons (Fsp3) is 0.625. The van der Waals surface area contributed by atoms with E-state index < -0.39 is 0 Å². The van der Waals surface area contributed by atoms with Gasteiger partial charge in [-0.15, -0.1) is 0 Å². The van der Waals surface area contributed by atoms with E-state index in [9.17, 15) is 9.59 Å². The smallest absolute Gasteiger partial charge is 0.227 e. The zero-order chi connectivity index (χ0) is 14.8. The Morgan fingerprint density at radius 2 is 1.81 bits per heavy atom. The van der Waals surface area contributed by atoms with E-state index in [-0.39, 0.29) is 11.8 Å². The van der Waals surface area contributed by atoms with Crippen LogP contribution in [0.4, 0.5) is 0 Å². The molecule has 21 heavy (non-hydrogen) atoms. The molecule has 2 amide bonds. The van der Waals surface area contributed by atoms with Crippen molar-refractivity contribution in [2.45, 2.75) is 25.7 Å². The van der Waals surface area contributed by atoms with Crippen LogP contribution in [-0.2, 0) is 23.1 Å². The van der Waals surface area contributed by atoms with Crippen LogP contribution in [-0.4, -0.2) is 52.4 Å². The van der Waals surface area contributed by atoms with Gasteiger partial charge in [-0.05, 0) is 24.5 Å². The topological polar surface area (TPSA) is 45.6 Å². The zero-order valence-corrected chi connectivity index (χ0v) is 12.6. The summed E-state index contributed by atoms with van der Waals surface area (Å²) in [6, 6.07) is 1.98. The van der Waals surface area contributed by atoms with Crippen LogP contribution in [0.2, 0.25) is 0 Å². The lowest BCUT2D eigenvalue weighted by Gasteiger charge is -2.38. The lowest BCUT2D eigenvalue weighted by Crippen LogP contribution is -2.52. The number of nitrogens with zero attached hydrogens (tertiary/aromatic N) is 3. The second-order valence-electron chi connectivity index (χ2n) is 6.20. The van der Waals surface area contributed by atoms with Gasteiger partial charge < -0.3 is 14.4 Å². The molecule has 0 atom stereocenters. The van der Waals surface area contributed by atoms with E-state index in [0.717, 1.165) is 18.4 Å². The Kier molecular flexibility index (Phi) is 3.99. The zero-order valence-electron chi connectivity index (χ0n) is 12.6. The fourth-order valence-electron chi connectivity index (χ4n) is 3.04. The molecule has 1 aromatic rings. The van der Waals surface area contributed by atoms with Crippen molar-refractivity contribution in [1.82, 2.24) is 14.4 Å². The largest absolute Gasteiger partial charge is 0.357 e. The number of carbonyl (C=O) groups excluding carboxylic acids is 2. The van der Waals surface area contributed by atoms with Crippen LogP contribution in [0.25, 0.3) is 0 Å². The molecule has 5 heteroatoms. The summed E-state index contributed by atoms with van der Waals surface area (Å²) in [6.07, 6.45) is 7.67. The van der Waals surface area contributed by atoms with Crippen molar-refractivity contribution in [3.8, 4) is 0 Å². The molecule has 2 aliphatic rings. The molecule has 1 saturated heterocycles. The van der Waals surface area contributed by atoms with Crippen molar-refractivity contribution in [3.63, 3.8) is 0 Å². The van der Waals surface area contributed by atoms with E-state index in [0.29, 0.717) is 38.5 Å². The highest BCUT2D eigenvalue weighted by Crippen LogP contribution is 2.28. The van der Waals surface area contributed by atoms with Gasteiger partial charge >= 0.3 is 0 Å². The van der Waals surface area contributed by atoms with Crippen LogP contribution in [0, 0.1) is 5.92 Å². The number of hydrogen-bond donors (Lipinski definition) is 0. The highest BCUT2D eigenvalue weighted by atomic mass is 16.2. The molecule has 1 aromatic heterocycles. The predicted octanol–water partition coefficient (Wildman–Crippen LogP) is 1.04. The maximum absolute atomic E-state index is 12.3. The lowest BCUT2D eigenvalue weighted by molar-refractivity contribution is -0.143. The van der Waals surface area contributed by atoms with Crippen LogP contribution < -0.4 is 0 Å². The highest BCUT2D eigenvalue weighted by Gasteiger charge is 2.31. The van der Waals surface area contributed by atoms with Gasteiger partial charge in [-0.1, -0.05) is 6.42 Å². The maximum atomic E-state index is 12.3. The molecule has 0 bridgehead atoms. The summed E-state index contributed by atoms with van der Waals surface area (Å²) in [5.74, 6) is 0.727. The van der Waals surface area contributed by atoms with Gasteiger partial charge in [-0.3, -0.25) is 9.59 Å². The van der Waals surface area contributed by atoms with E-state index in [1.165, 1.54) is 6.42 Å². The van der Waals surface area contributed by atoms with Crippen LogP contribution in [0.3, 0.4) is 0 Å². The Morgan fingerprint density at radius 3 is 2.33 bits per heavy atom. The van der Waals surface area contributed by atoms with Gasteiger partial charge in [0.2, 0.25) is 11.8 Å². The molecule has 0 radical (unpaired) electrons. The number of aromatic nitrogens is 1. The third-order valence-electron chi connectivity index (χ3n) is 4.65. The molecule has 0 unspecified atom stereocenters. The molecular weight excluding hydrogens is 266 g/mol. The average molecular weight is 289 g/mol. The van der Waals surface area contributed by atoms with Crippen molar-refractivity contribution in [2.75, 3.05) is 26.2 Å². The molecule has 114 valence electrons. The quantitative estimate of drug-likeness (QED) is 0.834. The lowest BCUT2D eigenvalue weighted by atomic mass is 9.84. The van der Waals surface area contributed by atoms with Crippen LogP contribution >= 0.6 is 0 Å². The first kappa shape index (κ1) is 14.2. The number of rotatable bonds is 3. The molecule has 1 aliphatic carbocycles. The molecule has 0 spiro atoms. The summed E-state index contributed by atoms with van der Waals surface area (Å²) >= 11 is 0. The Morgan fingerprint density at radius 1 is 1.14 bits per heavy atom. The van der Waals surface area contributed by atoms with Crippen LogP contribution in [0.15, 0.2) is 18.5 Å². The van der Waals surface area contributed by atoms with Crippen LogP contribution in [0.1, 0.15) is 24.8 Å². The van der Waals surface area contributed by atoms with E-state index in [2.05, 4.69) is 0 Å². The summed E-state index contributed by atoms with van der Waals surface area (Å²) in [7, 11) is 1.96. The minimum absolute atomic E-state index is 0.164. The second kappa shape index (κ2) is 5.92. The van der Waals surface area contributed by atoms with E-state index in [1.54, 1.807) is 0 Å². The van der Waals surface area contributed by atoms with E-state index in [4.69, 9.17) is 0 Å². The third kappa shape index (κ3) is 3.12. The normalized spacial score (nSPS) is 19.5. The van der Waals surface area contributed by atoms with Crippen LogP contribution in [0.5, 0.6) is 0 Å². The van der Waals surface area contributed by atoms with Crippen molar-refractivity contribution < 1.29 is 9.59 Å². The maximum Gasteiger partial charge on any atom is 0.227 e. The van der Waals surface area contributed by atoms with Gasteiger partial charge in [0, 0.05) is 51.5 Å². The monoisotopic (exact) mass is 289 g/mol. The Bertz CT molecular complexity index is 525. The van der Waals surface area contributed by atoms with Crippen molar-refractivity contribution in [1.29, 1.82) is 0 Å². The van der Waals surface area contributed by atoms with Gasteiger partial charge in [0.05, 0.1) is 6.42 Å². The summed E-state index contributed by atoms with van der Waals surface area (Å²) in [6.45, 7) is 2.72. The molecule has 1 aliphatic heterocycles. The minimum Gasteiger partial charge on any atom is -0.357 e. The summed E-state index contributed by atoms with van der Waals surface area (Å²) in [5.41, 5.74) is 1.05. The molecule has 2 heterocycles. The Hall–Kier alpha value is -1.78. The molecule has 3 rings (SSSR count). The fourth-order valence-corrected chi connectivity index (χ4v) is 3.04. The van der Waals surface area contributed by atoms with E-state index in [1.807, 2.05) is 39.9 Å². The molecule has 2 fully saturated rings. The molecule has 1 saturated carbocycles. The highest BCUT2D eigenvalue weighted by molar-refractivity contribution is 5.81. The first-order valence-electron chi connectivity index (χ1n) is 7.81. The predicted molar refractivity (Wildman–Crippen MR) is 79.6 cm³/mol. The molecular formula is C16H23N3O2. The Labute approximate surface area is 125 Å². The van der Waals surface area contributed by atoms with Crippen molar-refractivity contribution in [3.05, 3.63) is 24.0 Å². The number of piperazine rings is 1. The first-order chi connectivity index (χ1) is 10.1. The third-order valence-corrected chi connectivity index (χ3v) is 4.65. The standard InChI is InChI=1S/C16H23N3O2/c1-17-6-5-13(12-17)11-15(20)18-7-9-19(10-8-18)16(21)14-3-2-4-14/h5-6,12,14H,2-4,7-11H2,1H3. The number of carbonyl (C=O) groups is 2. The number of aryl methyl sites for hydroxylation is 1. The second-order valence-corrected chi connectivity index (χ2v) is 6.20. The molecule has 5 nitrogen and oxygen atoms in total. The van der Waals surface area contributed by atoms with Gasteiger partial charge in [-0.25, -0.2) is 0 Å². The molecule has 0 aromatic carbocycles. The van der Waals surface area contributed by atoms with E-state index >= 15 is 0 Å². The molecule has 0 N–H and O–H groups in total. The summed E-state index contributed by atoms with van der Waals surface area (Å²) in [5, 5.41) is 0.